The Hall–Kier alpha value is -2.95. The third-order valence-electron chi connectivity index (χ3n) is 4.69. The highest BCUT2D eigenvalue weighted by molar-refractivity contribution is 5.98. The van der Waals surface area contributed by atoms with Crippen LogP contribution in [0.5, 0.6) is 0 Å². The average molecular weight is 381 g/mol. The number of nitrogens with one attached hydrogen (secondary N) is 1. The lowest BCUT2D eigenvalue weighted by atomic mass is 9.97. The predicted molar refractivity (Wildman–Crippen MR) is 109 cm³/mol. The highest BCUT2D eigenvalue weighted by Crippen LogP contribution is 2.26. The number of para-hydroxylation sites is 1. The van der Waals surface area contributed by atoms with E-state index in [1.165, 1.54) is 6.92 Å². The molecule has 0 aliphatic rings. The molecule has 0 spiro atoms. The van der Waals surface area contributed by atoms with Gasteiger partial charge in [0.15, 0.2) is 11.9 Å². The minimum absolute atomic E-state index is 0.0496. The van der Waals surface area contributed by atoms with Crippen LogP contribution in [0.25, 0.3) is 0 Å². The summed E-state index contributed by atoms with van der Waals surface area (Å²) in [7, 11) is 0. The fraction of sp³-hybridized carbons (Fsp3) is 0.348. The molecule has 0 aliphatic heterocycles. The molecule has 1 N–H and O–H groups in total. The van der Waals surface area contributed by atoms with Crippen LogP contribution in [0.15, 0.2) is 54.6 Å². The number of benzene rings is 2. The van der Waals surface area contributed by atoms with E-state index in [0.717, 1.165) is 17.7 Å². The molecule has 5 nitrogen and oxygen atoms in total. The van der Waals surface area contributed by atoms with Gasteiger partial charge in [-0.15, -0.1) is 0 Å². The number of carbonyl (C=O) groups excluding carboxylic acids is 3. The summed E-state index contributed by atoms with van der Waals surface area (Å²) in [5.41, 5.74) is 2.33. The number of hydrogen-bond acceptors (Lipinski definition) is 4. The van der Waals surface area contributed by atoms with Crippen molar-refractivity contribution in [1.29, 1.82) is 0 Å². The van der Waals surface area contributed by atoms with Crippen LogP contribution in [0.1, 0.15) is 61.9 Å². The lowest BCUT2D eigenvalue weighted by molar-refractivity contribution is -0.153. The van der Waals surface area contributed by atoms with E-state index in [0.29, 0.717) is 11.5 Å². The fourth-order valence-electron chi connectivity index (χ4n) is 2.79. The lowest BCUT2D eigenvalue weighted by Gasteiger charge is -2.18. The SMILES string of the molecule is CCC(C)c1ccccc1NC(=O)C(C)OC(=O)CCC(=O)c1ccccc1. The van der Waals surface area contributed by atoms with Crippen LogP contribution >= 0.6 is 0 Å². The molecule has 0 heterocycles. The summed E-state index contributed by atoms with van der Waals surface area (Å²) >= 11 is 0. The minimum Gasteiger partial charge on any atom is -0.453 e. The van der Waals surface area contributed by atoms with Crippen molar-refractivity contribution in [3.05, 3.63) is 65.7 Å². The van der Waals surface area contributed by atoms with Gasteiger partial charge in [-0.05, 0) is 30.9 Å². The number of amides is 1. The molecule has 2 unspecified atom stereocenters. The van der Waals surface area contributed by atoms with Gasteiger partial charge in [0.2, 0.25) is 0 Å². The molecule has 28 heavy (non-hydrogen) atoms. The van der Waals surface area contributed by atoms with E-state index in [1.807, 2.05) is 30.3 Å². The number of hydrogen-bond donors (Lipinski definition) is 1. The molecular formula is C23H27NO4. The third kappa shape index (κ3) is 6.05. The second-order valence-corrected chi connectivity index (χ2v) is 6.81. The molecule has 148 valence electrons. The van der Waals surface area contributed by atoms with Crippen molar-refractivity contribution in [3.63, 3.8) is 0 Å². The van der Waals surface area contributed by atoms with Crippen molar-refractivity contribution in [3.8, 4) is 0 Å². The van der Waals surface area contributed by atoms with E-state index in [2.05, 4.69) is 19.2 Å². The van der Waals surface area contributed by atoms with Crippen molar-refractivity contribution in [2.45, 2.75) is 52.1 Å². The molecule has 2 aromatic rings. The average Bonchev–Trinajstić information content (AvgIpc) is 2.72. The zero-order chi connectivity index (χ0) is 20.5. The molecule has 0 aliphatic carbocycles. The molecule has 5 heteroatoms. The summed E-state index contributed by atoms with van der Waals surface area (Å²) in [6, 6.07) is 16.4. The third-order valence-corrected chi connectivity index (χ3v) is 4.69. The molecule has 0 radical (unpaired) electrons. The molecule has 0 saturated carbocycles. The van der Waals surface area contributed by atoms with Gasteiger partial charge in [0, 0.05) is 17.7 Å². The van der Waals surface area contributed by atoms with E-state index in [1.54, 1.807) is 24.3 Å². The summed E-state index contributed by atoms with van der Waals surface area (Å²) < 4.78 is 5.19. The lowest BCUT2D eigenvalue weighted by Crippen LogP contribution is -2.30. The smallest absolute Gasteiger partial charge is 0.307 e. The molecule has 2 rings (SSSR count). The number of carbonyl (C=O) groups is 3. The van der Waals surface area contributed by atoms with Crippen LogP contribution in [0, 0.1) is 0 Å². The Morgan fingerprint density at radius 3 is 2.25 bits per heavy atom. The van der Waals surface area contributed by atoms with E-state index >= 15 is 0 Å². The first-order valence-corrected chi connectivity index (χ1v) is 9.59. The van der Waals surface area contributed by atoms with Crippen LogP contribution in [-0.2, 0) is 14.3 Å². The van der Waals surface area contributed by atoms with Gasteiger partial charge in [-0.3, -0.25) is 14.4 Å². The standard InChI is InChI=1S/C23H27NO4/c1-4-16(2)19-12-8-9-13-20(19)24-23(27)17(3)28-22(26)15-14-21(25)18-10-6-5-7-11-18/h5-13,16-17H,4,14-15H2,1-3H3,(H,24,27). The zero-order valence-electron chi connectivity index (χ0n) is 16.6. The monoisotopic (exact) mass is 381 g/mol. The second kappa shape index (κ2) is 10.4. The van der Waals surface area contributed by atoms with Gasteiger partial charge < -0.3 is 10.1 Å². The van der Waals surface area contributed by atoms with Crippen molar-refractivity contribution >= 4 is 23.3 Å². The van der Waals surface area contributed by atoms with E-state index in [9.17, 15) is 14.4 Å². The van der Waals surface area contributed by atoms with E-state index in [-0.39, 0.29) is 18.6 Å². The van der Waals surface area contributed by atoms with E-state index in [4.69, 9.17) is 4.74 Å². The topological polar surface area (TPSA) is 72.5 Å². The summed E-state index contributed by atoms with van der Waals surface area (Å²) in [4.78, 5) is 36.5. The number of ketones is 1. The summed E-state index contributed by atoms with van der Waals surface area (Å²) in [6.07, 6.45) is -0.000266. The molecule has 2 aromatic carbocycles. The van der Waals surface area contributed by atoms with Crippen LogP contribution < -0.4 is 5.32 Å². The van der Waals surface area contributed by atoms with Gasteiger partial charge in [0.25, 0.3) is 5.91 Å². The highest BCUT2D eigenvalue weighted by Gasteiger charge is 2.20. The second-order valence-electron chi connectivity index (χ2n) is 6.81. The highest BCUT2D eigenvalue weighted by atomic mass is 16.5. The number of anilines is 1. The van der Waals surface area contributed by atoms with Gasteiger partial charge in [-0.25, -0.2) is 0 Å². The van der Waals surface area contributed by atoms with Gasteiger partial charge in [0.05, 0.1) is 6.42 Å². The Balaban J connectivity index is 1.87. The Morgan fingerprint density at radius 2 is 1.57 bits per heavy atom. The van der Waals surface area contributed by atoms with Gasteiger partial charge in [-0.1, -0.05) is 62.4 Å². The van der Waals surface area contributed by atoms with Gasteiger partial charge >= 0.3 is 5.97 Å². The van der Waals surface area contributed by atoms with E-state index < -0.39 is 18.0 Å². The van der Waals surface area contributed by atoms with Gasteiger partial charge in [-0.2, -0.15) is 0 Å². The molecule has 0 saturated heterocycles. The summed E-state index contributed by atoms with van der Waals surface area (Å²) in [6.45, 7) is 5.71. The Bertz CT molecular complexity index is 816. The normalized spacial score (nSPS) is 12.7. The predicted octanol–water partition coefficient (Wildman–Crippen LogP) is 4.73. The molecule has 1 amide bonds. The summed E-state index contributed by atoms with van der Waals surface area (Å²) in [5.74, 6) is -0.781. The van der Waals surface area contributed by atoms with Crippen molar-refractivity contribution in [1.82, 2.24) is 0 Å². The van der Waals surface area contributed by atoms with Crippen LogP contribution in [-0.4, -0.2) is 23.8 Å². The maximum absolute atomic E-state index is 12.4. The van der Waals surface area contributed by atoms with Crippen molar-refractivity contribution < 1.29 is 19.1 Å². The molecule has 0 fully saturated rings. The zero-order valence-corrected chi connectivity index (χ0v) is 16.6. The number of Topliss-reactive ketones (excluding diaryl/α,β-unsaturated/α-hetero) is 1. The first kappa shape index (κ1) is 21.4. The quantitative estimate of drug-likeness (QED) is 0.503. The largest absolute Gasteiger partial charge is 0.453 e. The van der Waals surface area contributed by atoms with Crippen LogP contribution in [0.4, 0.5) is 5.69 Å². The molecular weight excluding hydrogens is 354 g/mol. The molecule has 0 aromatic heterocycles. The molecule has 2 atom stereocenters. The molecule has 0 bridgehead atoms. The maximum atomic E-state index is 12.4. The summed E-state index contributed by atoms with van der Waals surface area (Å²) in [5, 5.41) is 2.84. The van der Waals surface area contributed by atoms with Crippen LogP contribution in [0.2, 0.25) is 0 Å². The Labute approximate surface area is 166 Å². The maximum Gasteiger partial charge on any atom is 0.307 e. The Morgan fingerprint density at radius 1 is 0.929 bits per heavy atom. The van der Waals surface area contributed by atoms with Gasteiger partial charge in [0.1, 0.15) is 0 Å². The minimum atomic E-state index is -0.940. The number of rotatable bonds is 9. The fourth-order valence-corrected chi connectivity index (χ4v) is 2.79. The Kier molecular flexibility index (Phi) is 7.93. The van der Waals surface area contributed by atoms with Crippen molar-refractivity contribution in [2.75, 3.05) is 5.32 Å². The number of esters is 1. The van der Waals surface area contributed by atoms with Crippen LogP contribution in [0.3, 0.4) is 0 Å². The first-order chi connectivity index (χ1) is 13.4. The number of ether oxygens (including phenoxy) is 1. The first-order valence-electron chi connectivity index (χ1n) is 9.59. The van der Waals surface area contributed by atoms with Crippen molar-refractivity contribution in [2.24, 2.45) is 0 Å².